The van der Waals surface area contributed by atoms with Gasteiger partial charge in [-0.15, -0.1) is 0 Å². The van der Waals surface area contributed by atoms with Crippen LogP contribution in [-0.2, 0) is 0 Å². The molecule has 0 bridgehead atoms. The molecule has 0 heterocycles. The van der Waals surface area contributed by atoms with E-state index in [-0.39, 0.29) is 5.96 Å². The van der Waals surface area contributed by atoms with E-state index >= 15 is 0 Å². The van der Waals surface area contributed by atoms with Gasteiger partial charge in [0.1, 0.15) is 0 Å². The van der Waals surface area contributed by atoms with Gasteiger partial charge in [-0.25, -0.2) is 10.8 Å². The van der Waals surface area contributed by atoms with Crippen LogP contribution in [0.5, 0.6) is 0 Å². The summed E-state index contributed by atoms with van der Waals surface area (Å²) in [5.74, 6) is 4.59. The Labute approximate surface area is 67.8 Å². The lowest BCUT2D eigenvalue weighted by molar-refractivity contribution is -0.137. The van der Waals surface area contributed by atoms with Crippen molar-refractivity contribution in [2.24, 2.45) is 16.6 Å². The maximum Gasteiger partial charge on any atom is 0.391 e. The third-order valence-electron chi connectivity index (χ3n) is 1.03. The van der Waals surface area contributed by atoms with Crippen molar-refractivity contribution in [3.8, 4) is 0 Å². The molecular formula is C5H11F3N4. The quantitative estimate of drug-likeness (QED) is 0.246. The van der Waals surface area contributed by atoms with Gasteiger partial charge < -0.3 is 5.73 Å². The third-order valence-corrected chi connectivity index (χ3v) is 1.03. The summed E-state index contributed by atoms with van der Waals surface area (Å²) in [6.45, 7) is 1.30. The number of nitrogens with zero attached hydrogens (tertiary/aromatic N) is 1. The topological polar surface area (TPSA) is 76.4 Å². The highest BCUT2D eigenvalue weighted by Crippen LogP contribution is 2.22. The van der Waals surface area contributed by atoms with E-state index in [2.05, 4.69) is 4.99 Å². The molecule has 1 atom stereocenters. The SMILES string of the molecule is CC(CC(F)(F)F)N=C(N)NN. The second-order valence-corrected chi connectivity index (χ2v) is 2.33. The Balaban J connectivity index is 3.97. The summed E-state index contributed by atoms with van der Waals surface area (Å²) in [5.41, 5.74) is 6.98. The minimum absolute atomic E-state index is 0.202. The normalized spacial score (nSPS) is 15.9. The lowest BCUT2D eigenvalue weighted by Crippen LogP contribution is -2.38. The van der Waals surface area contributed by atoms with Gasteiger partial charge >= 0.3 is 6.18 Å². The molecule has 0 aliphatic heterocycles. The molecule has 72 valence electrons. The Hall–Kier alpha value is -0.980. The fourth-order valence-electron chi connectivity index (χ4n) is 0.655. The van der Waals surface area contributed by atoms with Crippen molar-refractivity contribution in [1.82, 2.24) is 5.43 Å². The summed E-state index contributed by atoms with van der Waals surface area (Å²) in [5, 5.41) is 0. The molecule has 0 aliphatic carbocycles. The first kappa shape index (κ1) is 11.0. The second-order valence-electron chi connectivity index (χ2n) is 2.33. The molecule has 0 aliphatic rings. The number of nitrogens with two attached hydrogens (primary N) is 2. The largest absolute Gasteiger partial charge is 0.391 e. The first-order valence-electron chi connectivity index (χ1n) is 3.22. The maximum absolute atomic E-state index is 11.7. The summed E-state index contributed by atoms with van der Waals surface area (Å²) in [7, 11) is 0. The second kappa shape index (κ2) is 4.15. The Kier molecular flexibility index (Phi) is 3.81. The predicted octanol–water partition coefficient (Wildman–Crippen LogP) is 0.105. The molecule has 0 aromatic rings. The number of hydrogen-bond acceptors (Lipinski definition) is 2. The van der Waals surface area contributed by atoms with Crippen LogP contribution in [0.1, 0.15) is 13.3 Å². The van der Waals surface area contributed by atoms with Crippen LogP contribution in [0.2, 0.25) is 0 Å². The van der Waals surface area contributed by atoms with E-state index < -0.39 is 18.6 Å². The zero-order valence-corrected chi connectivity index (χ0v) is 6.52. The Morgan fingerprint density at radius 1 is 1.58 bits per heavy atom. The predicted molar refractivity (Wildman–Crippen MR) is 39.1 cm³/mol. The summed E-state index contributed by atoms with van der Waals surface area (Å²) in [6, 6.07) is -0.916. The summed E-state index contributed by atoms with van der Waals surface area (Å²) >= 11 is 0. The first-order chi connectivity index (χ1) is 5.35. The lowest BCUT2D eigenvalue weighted by atomic mass is 10.2. The van der Waals surface area contributed by atoms with E-state index in [0.29, 0.717) is 0 Å². The molecule has 0 aromatic carbocycles. The van der Waals surface area contributed by atoms with Gasteiger partial charge in [-0.3, -0.25) is 5.43 Å². The van der Waals surface area contributed by atoms with E-state index in [1.807, 2.05) is 5.43 Å². The first-order valence-corrected chi connectivity index (χ1v) is 3.22. The summed E-state index contributed by atoms with van der Waals surface area (Å²) in [6.07, 6.45) is -5.23. The van der Waals surface area contributed by atoms with Gasteiger partial charge in [0.05, 0.1) is 12.5 Å². The zero-order valence-electron chi connectivity index (χ0n) is 6.52. The van der Waals surface area contributed by atoms with Crippen LogP contribution >= 0.6 is 0 Å². The molecule has 1 unspecified atom stereocenters. The van der Waals surface area contributed by atoms with E-state index in [1.165, 1.54) is 6.92 Å². The van der Waals surface area contributed by atoms with Crippen LogP contribution in [0.4, 0.5) is 13.2 Å². The number of aliphatic imine (C=N–C) groups is 1. The molecule has 0 spiro atoms. The number of halogens is 3. The molecule has 5 N–H and O–H groups in total. The van der Waals surface area contributed by atoms with Gasteiger partial charge in [0, 0.05) is 0 Å². The van der Waals surface area contributed by atoms with Crippen molar-refractivity contribution in [1.29, 1.82) is 0 Å². The lowest BCUT2D eigenvalue weighted by Gasteiger charge is -2.10. The smallest absolute Gasteiger partial charge is 0.369 e. The highest BCUT2D eigenvalue weighted by atomic mass is 19.4. The Morgan fingerprint density at radius 3 is 2.42 bits per heavy atom. The van der Waals surface area contributed by atoms with Gasteiger partial charge in [0.25, 0.3) is 0 Å². The minimum atomic E-state index is -4.22. The third kappa shape index (κ3) is 5.78. The fourth-order valence-corrected chi connectivity index (χ4v) is 0.655. The number of rotatable bonds is 2. The van der Waals surface area contributed by atoms with Gasteiger partial charge in [-0.05, 0) is 6.92 Å². The van der Waals surface area contributed by atoms with Gasteiger partial charge in [0.2, 0.25) is 5.96 Å². The van der Waals surface area contributed by atoms with E-state index in [4.69, 9.17) is 11.6 Å². The minimum Gasteiger partial charge on any atom is -0.369 e. The molecule has 0 radical (unpaired) electrons. The molecular weight excluding hydrogens is 173 g/mol. The molecule has 7 heteroatoms. The zero-order chi connectivity index (χ0) is 9.78. The summed E-state index contributed by atoms with van der Waals surface area (Å²) in [4.78, 5) is 3.42. The van der Waals surface area contributed by atoms with Crippen molar-refractivity contribution >= 4 is 5.96 Å². The van der Waals surface area contributed by atoms with Crippen LogP contribution in [0.15, 0.2) is 4.99 Å². The van der Waals surface area contributed by atoms with Crippen LogP contribution < -0.4 is 17.0 Å². The molecule has 0 saturated carbocycles. The van der Waals surface area contributed by atoms with E-state index in [9.17, 15) is 13.2 Å². The number of hydrazine groups is 1. The molecule has 0 rings (SSSR count). The number of nitrogens with one attached hydrogen (secondary N) is 1. The van der Waals surface area contributed by atoms with Crippen LogP contribution in [0.25, 0.3) is 0 Å². The Morgan fingerprint density at radius 2 is 2.08 bits per heavy atom. The molecule has 0 saturated heterocycles. The standard InChI is InChI=1S/C5H11F3N4/c1-3(2-5(6,7)8)11-4(9)12-10/h3H,2,10H2,1H3,(H3,9,11,12). The van der Waals surface area contributed by atoms with Crippen molar-refractivity contribution in [2.75, 3.05) is 0 Å². The number of guanidine groups is 1. The van der Waals surface area contributed by atoms with Gasteiger partial charge in [-0.2, -0.15) is 13.2 Å². The van der Waals surface area contributed by atoms with E-state index in [0.717, 1.165) is 0 Å². The number of hydrogen-bond donors (Lipinski definition) is 3. The maximum atomic E-state index is 11.7. The summed E-state index contributed by atoms with van der Waals surface area (Å²) < 4.78 is 35.1. The Bertz CT molecular complexity index is 165. The van der Waals surface area contributed by atoms with Gasteiger partial charge in [-0.1, -0.05) is 0 Å². The number of alkyl halides is 3. The van der Waals surface area contributed by atoms with Gasteiger partial charge in [0.15, 0.2) is 0 Å². The van der Waals surface area contributed by atoms with Crippen LogP contribution in [0.3, 0.4) is 0 Å². The van der Waals surface area contributed by atoms with E-state index in [1.54, 1.807) is 0 Å². The molecule has 12 heavy (non-hydrogen) atoms. The average Bonchev–Trinajstić information content (AvgIpc) is 1.82. The molecule has 0 amide bonds. The molecule has 0 fully saturated rings. The van der Waals surface area contributed by atoms with Crippen molar-refractivity contribution < 1.29 is 13.2 Å². The highest BCUT2D eigenvalue weighted by Gasteiger charge is 2.29. The van der Waals surface area contributed by atoms with Crippen LogP contribution in [0, 0.1) is 0 Å². The molecule has 0 aromatic heterocycles. The highest BCUT2D eigenvalue weighted by molar-refractivity contribution is 5.77. The van der Waals surface area contributed by atoms with Crippen molar-refractivity contribution in [2.45, 2.75) is 25.6 Å². The van der Waals surface area contributed by atoms with Crippen molar-refractivity contribution in [3.63, 3.8) is 0 Å². The van der Waals surface area contributed by atoms with Crippen molar-refractivity contribution in [3.05, 3.63) is 0 Å². The fraction of sp³-hybridized carbons (Fsp3) is 0.800. The monoisotopic (exact) mass is 184 g/mol. The average molecular weight is 184 g/mol. The molecule has 4 nitrogen and oxygen atoms in total. The van der Waals surface area contributed by atoms with Crippen LogP contribution in [-0.4, -0.2) is 18.2 Å².